The maximum Gasteiger partial charge on any atom is 0.223 e. The second-order valence-electron chi connectivity index (χ2n) is 7.32. The van der Waals surface area contributed by atoms with E-state index in [9.17, 15) is 4.79 Å². The summed E-state index contributed by atoms with van der Waals surface area (Å²) in [4.78, 5) is 12.5. The number of carbonyl (C=O) groups is 1. The van der Waals surface area contributed by atoms with E-state index < -0.39 is 0 Å². The third kappa shape index (κ3) is 5.25. The molecule has 1 aromatic rings. The number of nitrogens with two attached hydrogens (primary N) is 1. The van der Waals surface area contributed by atoms with Gasteiger partial charge in [0.1, 0.15) is 11.9 Å². The summed E-state index contributed by atoms with van der Waals surface area (Å²) in [5, 5.41) is 3.74. The third-order valence-electron chi connectivity index (χ3n) is 5.50. The Labute approximate surface area is 161 Å². The number of amides is 1. The van der Waals surface area contributed by atoms with Crippen LogP contribution >= 0.6 is 24.0 Å². The van der Waals surface area contributed by atoms with E-state index in [0.717, 1.165) is 18.6 Å². The summed E-state index contributed by atoms with van der Waals surface area (Å²) in [6.45, 7) is 2.47. The maximum absolute atomic E-state index is 12.5. The van der Waals surface area contributed by atoms with Crippen LogP contribution in [0, 0.1) is 17.8 Å². The second-order valence-corrected chi connectivity index (χ2v) is 7.76. The van der Waals surface area contributed by atoms with Gasteiger partial charge in [0.05, 0.1) is 6.54 Å². The first-order valence-corrected chi connectivity index (χ1v) is 9.36. The van der Waals surface area contributed by atoms with Gasteiger partial charge in [-0.15, -0.1) is 12.4 Å². The highest BCUT2D eigenvalue weighted by Crippen LogP contribution is 2.41. The molecule has 25 heavy (non-hydrogen) atoms. The molecular weight excluding hydrogens is 359 g/mol. The predicted octanol–water partition coefficient (Wildman–Crippen LogP) is 3.80. The van der Waals surface area contributed by atoms with Crippen molar-refractivity contribution in [3.63, 3.8) is 0 Å². The summed E-state index contributed by atoms with van der Waals surface area (Å²) in [5.41, 5.74) is 6.30. The fourth-order valence-electron chi connectivity index (χ4n) is 4.18. The number of ether oxygens (including phenoxy) is 1. The van der Waals surface area contributed by atoms with Gasteiger partial charge in [-0.05, 0) is 68.7 Å². The van der Waals surface area contributed by atoms with Gasteiger partial charge in [0.15, 0.2) is 0 Å². The molecule has 3 unspecified atom stereocenters. The summed E-state index contributed by atoms with van der Waals surface area (Å²) >= 11 is 5.87. The lowest BCUT2D eigenvalue weighted by Gasteiger charge is -2.43. The number of hydrogen-bond donors (Lipinski definition) is 2. The van der Waals surface area contributed by atoms with Crippen molar-refractivity contribution in [3.05, 3.63) is 29.3 Å². The zero-order chi connectivity index (χ0) is 17.1. The fourth-order valence-corrected chi connectivity index (χ4v) is 4.30. The van der Waals surface area contributed by atoms with Gasteiger partial charge in [-0.3, -0.25) is 4.79 Å². The Bertz CT molecular complexity index is 553. The third-order valence-corrected chi connectivity index (χ3v) is 5.75. The van der Waals surface area contributed by atoms with Crippen molar-refractivity contribution < 1.29 is 9.53 Å². The quantitative estimate of drug-likeness (QED) is 0.808. The minimum Gasteiger partial charge on any atom is -0.489 e. The lowest BCUT2D eigenvalue weighted by molar-refractivity contribution is -0.128. The smallest absolute Gasteiger partial charge is 0.223 e. The maximum atomic E-state index is 12.5. The molecule has 2 aliphatic rings. The van der Waals surface area contributed by atoms with Crippen molar-refractivity contribution in [1.29, 1.82) is 0 Å². The molecule has 1 aromatic carbocycles. The van der Waals surface area contributed by atoms with Gasteiger partial charge in [-0.2, -0.15) is 0 Å². The Morgan fingerprint density at radius 1 is 1.28 bits per heavy atom. The van der Waals surface area contributed by atoms with E-state index in [1.165, 1.54) is 19.3 Å². The van der Waals surface area contributed by atoms with Gasteiger partial charge in [0.25, 0.3) is 0 Å². The van der Waals surface area contributed by atoms with Gasteiger partial charge in [-0.25, -0.2) is 0 Å². The van der Waals surface area contributed by atoms with Crippen molar-refractivity contribution in [1.82, 2.24) is 5.32 Å². The first-order valence-electron chi connectivity index (χ1n) is 8.98. The van der Waals surface area contributed by atoms with Gasteiger partial charge < -0.3 is 15.8 Å². The van der Waals surface area contributed by atoms with Gasteiger partial charge in [0.2, 0.25) is 5.91 Å². The number of halogens is 2. The predicted molar refractivity (Wildman–Crippen MR) is 103 cm³/mol. The summed E-state index contributed by atoms with van der Waals surface area (Å²) in [6, 6.07) is 7.57. The Morgan fingerprint density at radius 3 is 2.48 bits per heavy atom. The number of hydrogen-bond acceptors (Lipinski definition) is 3. The lowest BCUT2D eigenvalue weighted by atomic mass is 9.65. The fraction of sp³-hybridized carbons (Fsp3) is 0.632. The summed E-state index contributed by atoms with van der Waals surface area (Å²) in [7, 11) is 0. The first kappa shape index (κ1) is 20.3. The molecule has 2 fully saturated rings. The van der Waals surface area contributed by atoms with Crippen molar-refractivity contribution in [2.75, 3.05) is 6.54 Å². The average molecular weight is 387 g/mol. The zero-order valence-corrected chi connectivity index (χ0v) is 16.2. The van der Waals surface area contributed by atoms with E-state index in [0.29, 0.717) is 29.4 Å². The van der Waals surface area contributed by atoms with Gasteiger partial charge in [0, 0.05) is 17.0 Å². The van der Waals surface area contributed by atoms with Crippen LogP contribution in [0.15, 0.2) is 24.3 Å². The molecule has 3 N–H and O–H groups in total. The molecule has 0 saturated heterocycles. The van der Waals surface area contributed by atoms with Crippen LogP contribution in [0.5, 0.6) is 5.75 Å². The molecule has 0 aliphatic heterocycles. The summed E-state index contributed by atoms with van der Waals surface area (Å²) in [5.74, 6) is 2.08. The zero-order valence-electron chi connectivity index (χ0n) is 14.6. The molecule has 2 bridgehead atoms. The number of nitrogens with one attached hydrogen (secondary N) is 1. The van der Waals surface area contributed by atoms with Crippen molar-refractivity contribution in [2.45, 2.75) is 51.2 Å². The van der Waals surface area contributed by atoms with Crippen molar-refractivity contribution >= 4 is 29.9 Å². The SMILES string of the molecule is CC(CNC(=O)C1CC2CCCC(C1)C2N)Oc1ccc(Cl)cc1.Cl. The molecule has 4 nitrogen and oxygen atoms in total. The first-order chi connectivity index (χ1) is 11.5. The number of fused-ring (bicyclic) bond motifs is 2. The molecule has 0 heterocycles. The number of benzene rings is 1. The van der Waals surface area contributed by atoms with E-state index in [1.54, 1.807) is 12.1 Å². The van der Waals surface area contributed by atoms with E-state index in [2.05, 4.69) is 5.32 Å². The van der Waals surface area contributed by atoms with Crippen LogP contribution in [0.1, 0.15) is 39.0 Å². The molecule has 1 amide bonds. The Hall–Kier alpha value is -0.970. The molecule has 3 atom stereocenters. The van der Waals surface area contributed by atoms with Crippen molar-refractivity contribution in [2.24, 2.45) is 23.5 Å². The Kier molecular flexibility index (Phi) is 7.41. The van der Waals surface area contributed by atoms with Crippen LogP contribution in [0.3, 0.4) is 0 Å². The normalized spacial score (nSPS) is 29.2. The van der Waals surface area contributed by atoms with Crippen LogP contribution in [-0.2, 0) is 4.79 Å². The number of rotatable bonds is 5. The molecule has 140 valence electrons. The summed E-state index contributed by atoms with van der Waals surface area (Å²) < 4.78 is 5.81. The van der Waals surface area contributed by atoms with Gasteiger partial charge in [-0.1, -0.05) is 18.0 Å². The Balaban J connectivity index is 0.00000225. The molecule has 2 aliphatic carbocycles. The topological polar surface area (TPSA) is 64.4 Å². The lowest BCUT2D eigenvalue weighted by Crippen LogP contribution is -2.49. The molecule has 2 saturated carbocycles. The molecular formula is C19H28Cl2N2O2. The van der Waals surface area contributed by atoms with Crippen LogP contribution in [0.4, 0.5) is 0 Å². The largest absolute Gasteiger partial charge is 0.489 e. The molecule has 0 spiro atoms. The average Bonchev–Trinajstić information content (AvgIpc) is 2.54. The van der Waals surface area contributed by atoms with Crippen LogP contribution in [0.25, 0.3) is 0 Å². The van der Waals surface area contributed by atoms with E-state index in [-0.39, 0.29) is 30.3 Å². The highest BCUT2D eigenvalue weighted by Gasteiger charge is 2.40. The van der Waals surface area contributed by atoms with Crippen LogP contribution in [-0.4, -0.2) is 24.6 Å². The highest BCUT2D eigenvalue weighted by atomic mass is 35.5. The minimum absolute atomic E-state index is 0. The summed E-state index contributed by atoms with van der Waals surface area (Å²) in [6.07, 6.45) is 5.42. The van der Waals surface area contributed by atoms with E-state index in [4.69, 9.17) is 22.1 Å². The van der Waals surface area contributed by atoms with Crippen LogP contribution < -0.4 is 15.8 Å². The minimum atomic E-state index is -0.0829. The van der Waals surface area contributed by atoms with Crippen molar-refractivity contribution in [3.8, 4) is 5.75 Å². The Morgan fingerprint density at radius 2 is 1.88 bits per heavy atom. The van der Waals surface area contributed by atoms with Gasteiger partial charge >= 0.3 is 0 Å². The van der Waals surface area contributed by atoms with Crippen LogP contribution in [0.2, 0.25) is 5.02 Å². The second kappa shape index (κ2) is 9.11. The highest BCUT2D eigenvalue weighted by molar-refractivity contribution is 6.30. The molecule has 0 aromatic heterocycles. The molecule has 3 rings (SSSR count). The van der Waals surface area contributed by atoms with E-state index in [1.807, 2.05) is 19.1 Å². The standard InChI is InChI=1S/C19H27ClN2O2.ClH/c1-12(24-17-7-5-16(20)6-8-17)11-22-19(23)15-9-13-3-2-4-14(10-15)18(13)21;/h5-8,12-15,18H,2-4,9-11,21H2,1H3,(H,22,23);1H. The monoisotopic (exact) mass is 386 g/mol. The number of carbonyl (C=O) groups excluding carboxylic acids is 1. The molecule has 0 radical (unpaired) electrons. The van der Waals surface area contributed by atoms with E-state index >= 15 is 0 Å². The molecule has 6 heteroatoms.